The Morgan fingerprint density at radius 3 is 2.73 bits per heavy atom. The van der Waals surface area contributed by atoms with Crippen LogP contribution in [0.25, 0.3) is 0 Å². The van der Waals surface area contributed by atoms with E-state index in [1.165, 1.54) is 0 Å². The number of hydrogen-bond donors (Lipinski definition) is 1. The first-order valence-electron chi connectivity index (χ1n) is 4.96. The van der Waals surface area contributed by atoms with Crippen LogP contribution < -0.4 is 4.90 Å². The lowest BCUT2D eigenvalue weighted by Crippen LogP contribution is -2.21. The predicted octanol–water partition coefficient (Wildman–Crippen LogP) is 1.89. The Hall–Kier alpha value is -1.35. The molecule has 3 heteroatoms. The number of hydrogen-bond acceptors (Lipinski definition) is 3. The van der Waals surface area contributed by atoms with Crippen molar-refractivity contribution >= 4 is 5.82 Å². The number of likely N-dealkylation sites (N-methyl/N-ethyl adjacent to an activating group) is 1. The quantitative estimate of drug-likeness (QED) is 0.764. The number of anilines is 1. The molecule has 0 spiro atoms. The maximum atomic E-state index is 8.97. The normalized spacial score (nSPS) is 10.1. The number of aromatic nitrogens is 1. The second kappa shape index (κ2) is 4.94. The molecule has 0 fully saturated rings. The summed E-state index contributed by atoms with van der Waals surface area (Å²) in [5, 5.41) is 8.97. The van der Waals surface area contributed by atoms with Gasteiger partial charge in [0.25, 0.3) is 0 Å². The highest BCUT2D eigenvalue weighted by molar-refractivity contribution is 5.47. The fourth-order valence-electron chi connectivity index (χ4n) is 1.59. The largest absolute Gasteiger partial charge is 0.392 e. The van der Waals surface area contributed by atoms with Gasteiger partial charge in [0.1, 0.15) is 5.82 Å². The van der Waals surface area contributed by atoms with Gasteiger partial charge in [0, 0.05) is 19.8 Å². The van der Waals surface area contributed by atoms with Gasteiger partial charge in [-0.2, -0.15) is 0 Å². The Bertz CT molecular complexity index is 361. The molecule has 0 radical (unpaired) electrons. The molecule has 1 heterocycles. The fraction of sp³-hybridized carbons (Fsp3) is 0.417. The molecule has 0 atom stereocenters. The molecule has 0 aromatic carbocycles. The lowest BCUT2D eigenvalue weighted by atomic mass is 10.2. The molecule has 1 aromatic rings. The van der Waals surface area contributed by atoms with E-state index < -0.39 is 0 Å². The summed E-state index contributed by atoms with van der Waals surface area (Å²) < 4.78 is 0. The van der Waals surface area contributed by atoms with Gasteiger partial charge in [-0.05, 0) is 31.0 Å². The third-order valence-electron chi connectivity index (χ3n) is 2.16. The van der Waals surface area contributed by atoms with Crippen LogP contribution in [0.5, 0.6) is 0 Å². The van der Waals surface area contributed by atoms with Crippen molar-refractivity contribution in [3.63, 3.8) is 0 Å². The summed E-state index contributed by atoms with van der Waals surface area (Å²) in [7, 11) is 1.99. The standard InChI is InChI=1S/C12H18N2O/c1-9(2)7-14(4)12-10(3)5-11(8-15)6-13-12/h5-6,15H,1,7-8H2,2-4H3. The monoisotopic (exact) mass is 206 g/mol. The summed E-state index contributed by atoms with van der Waals surface area (Å²) in [6, 6.07) is 1.96. The summed E-state index contributed by atoms with van der Waals surface area (Å²) in [5.74, 6) is 0.940. The first kappa shape index (κ1) is 11.7. The van der Waals surface area contributed by atoms with Crippen molar-refractivity contribution in [2.45, 2.75) is 20.5 Å². The molecule has 0 aliphatic heterocycles. The van der Waals surface area contributed by atoms with Gasteiger partial charge in [-0.3, -0.25) is 0 Å². The van der Waals surface area contributed by atoms with Gasteiger partial charge in [-0.25, -0.2) is 4.98 Å². The third-order valence-corrected chi connectivity index (χ3v) is 2.16. The zero-order valence-corrected chi connectivity index (χ0v) is 9.62. The van der Waals surface area contributed by atoms with Gasteiger partial charge in [-0.15, -0.1) is 0 Å². The lowest BCUT2D eigenvalue weighted by molar-refractivity contribution is 0.281. The second-order valence-corrected chi connectivity index (χ2v) is 3.96. The van der Waals surface area contributed by atoms with E-state index in [0.29, 0.717) is 0 Å². The van der Waals surface area contributed by atoms with E-state index in [2.05, 4.69) is 16.5 Å². The Labute approximate surface area is 91.1 Å². The molecule has 3 nitrogen and oxygen atoms in total. The molecule has 0 unspecified atom stereocenters. The molecule has 0 amide bonds. The van der Waals surface area contributed by atoms with Crippen molar-refractivity contribution in [3.8, 4) is 0 Å². The first-order chi connectivity index (χ1) is 7.04. The van der Waals surface area contributed by atoms with E-state index >= 15 is 0 Å². The van der Waals surface area contributed by atoms with Crippen LogP contribution in [0.2, 0.25) is 0 Å². The Morgan fingerprint density at radius 1 is 1.60 bits per heavy atom. The van der Waals surface area contributed by atoms with Crippen LogP contribution in [-0.4, -0.2) is 23.7 Å². The molecule has 1 N–H and O–H groups in total. The van der Waals surface area contributed by atoms with Gasteiger partial charge in [-0.1, -0.05) is 12.2 Å². The minimum absolute atomic E-state index is 0.0400. The number of pyridine rings is 1. The lowest BCUT2D eigenvalue weighted by Gasteiger charge is -2.20. The van der Waals surface area contributed by atoms with Crippen molar-refractivity contribution in [3.05, 3.63) is 35.5 Å². The van der Waals surface area contributed by atoms with E-state index in [1.54, 1.807) is 6.20 Å². The molecule has 82 valence electrons. The van der Waals surface area contributed by atoms with E-state index in [-0.39, 0.29) is 6.61 Å². The van der Waals surface area contributed by atoms with Crippen molar-refractivity contribution in [1.82, 2.24) is 4.98 Å². The van der Waals surface area contributed by atoms with E-state index in [1.807, 2.05) is 27.0 Å². The predicted molar refractivity (Wildman–Crippen MR) is 63.0 cm³/mol. The molecule has 1 rings (SSSR count). The molecule has 0 saturated heterocycles. The Balaban J connectivity index is 2.90. The Kier molecular flexibility index (Phi) is 3.86. The van der Waals surface area contributed by atoms with Crippen LogP contribution in [0, 0.1) is 6.92 Å². The summed E-state index contributed by atoms with van der Waals surface area (Å²) in [5.41, 5.74) is 3.02. The SMILES string of the molecule is C=C(C)CN(C)c1ncc(CO)cc1C. The van der Waals surface area contributed by atoms with Crippen molar-refractivity contribution in [1.29, 1.82) is 0 Å². The van der Waals surface area contributed by atoms with Gasteiger partial charge < -0.3 is 10.0 Å². The fourth-order valence-corrected chi connectivity index (χ4v) is 1.59. The maximum absolute atomic E-state index is 8.97. The number of aliphatic hydroxyl groups is 1. The zero-order valence-electron chi connectivity index (χ0n) is 9.62. The minimum Gasteiger partial charge on any atom is -0.392 e. The van der Waals surface area contributed by atoms with Crippen LogP contribution in [0.15, 0.2) is 24.4 Å². The average molecular weight is 206 g/mol. The molecule has 0 bridgehead atoms. The maximum Gasteiger partial charge on any atom is 0.131 e. The molecule has 0 saturated carbocycles. The number of nitrogens with zero attached hydrogens (tertiary/aromatic N) is 2. The van der Waals surface area contributed by atoms with Gasteiger partial charge in [0.2, 0.25) is 0 Å². The van der Waals surface area contributed by atoms with E-state index in [4.69, 9.17) is 5.11 Å². The molecular formula is C12H18N2O. The zero-order chi connectivity index (χ0) is 11.4. The molecule has 0 aliphatic carbocycles. The van der Waals surface area contributed by atoms with Crippen molar-refractivity contribution in [2.24, 2.45) is 0 Å². The molecule has 0 aliphatic rings. The highest BCUT2D eigenvalue weighted by Crippen LogP contribution is 2.17. The van der Waals surface area contributed by atoms with Crippen LogP contribution in [0.4, 0.5) is 5.82 Å². The molecule has 15 heavy (non-hydrogen) atoms. The van der Waals surface area contributed by atoms with E-state index in [0.717, 1.165) is 29.1 Å². The average Bonchev–Trinajstić information content (AvgIpc) is 2.16. The number of aryl methyl sites for hydroxylation is 1. The van der Waals surface area contributed by atoms with Gasteiger partial charge >= 0.3 is 0 Å². The van der Waals surface area contributed by atoms with E-state index in [9.17, 15) is 0 Å². The summed E-state index contributed by atoms with van der Waals surface area (Å²) in [6.45, 7) is 8.70. The highest BCUT2D eigenvalue weighted by Gasteiger charge is 2.06. The van der Waals surface area contributed by atoms with Crippen LogP contribution >= 0.6 is 0 Å². The molecule has 1 aromatic heterocycles. The summed E-state index contributed by atoms with van der Waals surface area (Å²) >= 11 is 0. The van der Waals surface area contributed by atoms with Gasteiger partial charge in [0.15, 0.2) is 0 Å². The number of aliphatic hydroxyl groups excluding tert-OH is 1. The van der Waals surface area contributed by atoms with Gasteiger partial charge in [0.05, 0.1) is 6.61 Å². The van der Waals surface area contributed by atoms with Crippen LogP contribution in [0.1, 0.15) is 18.1 Å². The van der Waals surface area contributed by atoms with Crippen molar-refractivity contribution < 1.29 is 5.11 Å². The van der Waals surface area contributed by atoms with Crippen LogP contribution in [0.3, 0.4) is 0 Å². The summed E-state index contributed by atoms with van der Waals surface area (Å²) in [4.78, 5) is 6.38. The minimum atomic E-state index is 0.0400. The topological polar surface area (TPSA) is 36.4 Å². The summed E-state index contributed by atoms with van der Waals surface area (Å²) in [6.07, 6.45) is 1.71. The highest BCUT2D eigenvalue weighted by atomic mass is 16.3. The first-order valence-corrected chi connectivity index (χ1v) is 4.96. The Morgan fingerprint density at radius 2 is 2.27 bits per heavy atom. The molecular weight excluding hydrogens is 188 g/mol. The van der Waals surface area contributed by atoms with Crippen LogP contribution in [-0.2, 0) is 6.61 Å². The third kappa shape index (κ3) is 3.06. The second-order valence-electron chi connectivity index (χ2n) is 3.96. The number of rotatable bonds is 4. The smallest absolute Gasteiger partial charge is 0.131 e. The van der Waals surface area contributed by atoms with Crippen molar-refractivity contribution in [2.75, 3.05) is 18.5 Å².